The highest BCUT2D eigenvalue weighted by molar-refractivity contribution is 5.83. The lowest BCUT2D eigenvalue weighted by Gasteiger charge is -2.15. The first-order valence-corrected chi connectivity index (χ1v) is 5.68. The van der Waals surface area contributed by atoms with Crippen LogP contribution in [0.2, 0.25) is 0 Å². The molecule has 0 aliphatic carbocycles. The number of benzene rings is 1. The molecule has 1 amide bonds. The van der Waals surface area contributed by atoms with Gasteiger partial charge in [-0.05, 0) is 17.7 Å². The SMILES string of the molecule is O=C(O)C(CNC(=O)C(F)(F)F)c1ccc(C(F)(F)F)cc1. The molecule has 1 aromatic rings. The van der Waals surface area contributed by atoms with Crippen LogP contribution in [0.15, 0.2) is 24.3 Å². The van der Waals surface area contributed by atoms with Crippen molar-refractivity contribution in [3.8, 4) is 0 Å². The van der Waals surface area contributed by atoms with Crippen LogP contribution in [0.3, 0.4) is 0 Å². The number of carbonyl (C=O) groups is 2. The van der Waals surface area contributed by atoms with Gasteiger partial charge in [-0.15, -0.1) is 0 Å². The number of hydrogen-bond donors (Lipinski definition) is 2. The highest BCUT2D eigenvalue weighted by Crippen LogP contribution is 2.30. The van der Waals surface area contributed by atoms with Crippen molar-refractivity contribution < 1.29 is 41.0 Å². The summed E-state index contributed by atoms with van der Waals surface area (Å²) in [4.78, 5) is 21.6. The average molecular weight is 329 g/mol. The van der Waals surface area contributed by atoms with Gasteiger partial charge in [0.15, 0.2) is 0 Å². The summed E-state index contributed by atoms with van der Waals surface area (Å²) < 4.78 is 73.1. The van der Waals surface area contributed by atoms with Crippen LogP contribution in [0.4, 0.5) is 26.3 Å². The summed E-state index contributed by atoms with van der Waals surface area (Å²) in [6, 6.07) is 2.89. The molecular formula is C12H9F6NO3. The zero-order chi connectivity index (χ0) is 17.1. The van der Waals surface area contributed by atoms with Gasteiger partial charge in [0, 0.05) is 6.54 Å². The van der Waals surface area contributed by atoms with E-state index in [0.29, 0.717) is 12.1 Å². The third-order valence-corrected chi connectivity index (χ3v) is 2.66. The minimum atomic E-state index is -5.18. The van der Waals surface area contributed by atoms with Crippen LogP contribution in [0, 0.1) is 0 Å². The Kier molecular flexibility index (Phi) is 5.05. The molecule has 0 fully saturated rings. The fourth-order valence-electron chi connectivity index (χ4n) is 1.55. The molecule has 0 aliphatic rings. The molecule has 1 aromatic carbocycles. The molecule has 10 heteroatoms. The van der Waals surface area contributed by atoms with Gasteiger partial charge in [-0.25, -0.2) is 0 Å². The van der Waals surface area contributed by atoms with Crippen LogP contribution in [0.5, 0.6) is 0 Å². The van der Waals surface area contributed by atoms with E-state index in [-0.39, 0.29) is 5.56 Å². The van der Waals surface area contributed by atoms with Crippen molar-refractivity contribution in [2.45, 2.75) is 18.3 Å². The highest BCUT2D eigenvalue weighted by Gasteiger charge is 2.39. The number of carbonyl (C=O) groups excluding carboxylic acids is 1. The van der Waals surface area contributed by atoms with Crippen LogP contribution in [0.1, 0.15) is 17.0 Å². The van der Waals surface area contributed by atoms with Gasteiger partial charge in [0.25, 0.3) is 0 Å². The number of hydrogen-bond acceptors (Lipinski definition) is 2. The van der Waals surface area contributed by atoms with E-state index in [1.165, 1.54) is 5.32 Å². The third-order valence-electron chi connectivity index (χ3n) is 2.66. The van der Waals surface area contributed by atoms with Gasteiger partial charge in [-0.3, -0.25) is 9.59 Å². The first-order chi connectivity index (χ1) is 9.93. The maximum atomic E-state index is 12.4. The van der Waals surface area contributed by atoms with Crippen molar-refractivity contribution in [2.24, 2.45) is 0 Å². The second-order valence-electron chi connectivity index (χ2n) is 4.22. The molecule has 0 saturated carbocycles. The largest absolute Gasteiger partial charge is 0.481 e. The Labute approximate surface area is 119 Å². The number of amides is 1. The molecule has 0 saturated heterocycles. The van der Waals surface area contributed by atoms with Crippen LogP contribution in [-0.4, -0.2) is 29.7 Å². The van der Waals surface area contributed by atoms with E-state index in [4.69, 9.17) is 5.11 Å². The highest BCUT2D eigenvalue weighted by atomic mass is 19.4. The Hall–Kier alpha value is -2.26. The second-order valence-corrected chi connectivity index (χ2v) is 4.22. The second kappa shape index (κ2) is 6.24. The summed E-state index contributed by atoms with van der Waals surface area (Å²) >= 11 is 0. The summed E-state index contributed by atoms with van der Waals surface area (Å²) in [6.45, 7) is -0.904. The Bertz CT molecular complexity index is 549. The number of rotatable bonds is 4. The van der Waals surface area contributed by atoms with Crippen molar-refractivity contribution in [1.82, 2.24) is 5.32 Å². The van der Waals surface area contributed by atoms with Crippen molar-refractivity contribution in [3.63, 3.8) is 0 Å². The molecule has 0 spiro atoms. The molecule has 1 rings (SSSR count). The van der Waals surface area contributed by atoms with E-state index in [2.05, 4.69) is 0 Å². The van der Waals surface area contributed by atoms with Crippen molar-refractivity contribution in [3.05, 3.63) is 35.4 Å². The van der Waals surface area contributed by atoms with E-state index >= 15 is 0 Å². The Morgan fingerprint density at radius 3 is 1.91 bits per heavy atom. The lowest BCUT2D eigenvalue weighted by atomic mass is 9.98. The number of carboxylic acid groups (broad SMARTS) is 1. The van der Waals surface area contributed by atoms with Gasteiger partial charge in [0.05, 0.1) is 11.5 Å². The molecular weight excluding hydrogens is 320 g/mol. The molecule has 122 valence electrons. The van der Waals surface area contributed by atoms with Gasteiger partial charge >= 0.3 is 24.2 Å². The molecule has 4 nitrogen and oxygen atoms in total. The van der Waals surface area contributed by atoms with Crippen LogP contribution in [-0.2, 0) is 15.8 Å². The van der Waals surface area contributed by atoms with Crippen LogP contribution in [0.25, 0.3) is 0 Å². The smallest absolute Gasteiger partial charge is 0.471 e. The normalized spacial score (nSPS) is 13.5. The number of carboxylic acids is 1. The van der Waals surface area contributed by atoms with Crippen molar-refractivity contribution >= 4 is 11.9 Å². The first-order valence-electron chi connectivity index (χ1n) is 5.68. The lowest BCUT2D eigenvalue weighted by Crippen LogP contribution is -2.40. The molecule has 0 aromatic heterocycles. The minimum Gasteiger partial charge on any atom is -0.481 e. The molecule has 0 heterocycles. The molecule has 2 N–H and O–H groups in total. The minimum absolute atomic E-state index is 0.164. The van der Waals surface area contributed by atoms with Gasteiger partial charge in [0.2, 0.25) is 0 Å². The molecule has 0 bridgehead atoms. The summed E-state index contributed by atoms with van der Waals surface area (Å²) in [5.41, 5.74) is -1.19. The molecule has 1 unspecified atom stereocenters. The van der Waals surface area contributed by atoms with Crippen LogP contribution < -0.4 is 5.32 Å². The number of halogens is 6. The predicted molar refractivity (Wildman–Crippen MR) is 60.9 cm³/mol. The summed E-state index contributed by atoms with van der Waals surface area (Å²) in [5, 5.41) is 10.3. The average Bonchev–Trinajstić information content (AvgIpc) is 2.36. The van der Waals surface area contributed by atoms with Crippen molar-refractivity contribution in [1.29, 1.82) is 0 Å². The predicted octanol–water partition coefficient (Wildman–Crippen LogP) is 2.55. The summed E-state index contributed by atoms with van der Waals surface area (Å²) in [7, 11) is 0. The summed E-state index contributed by atoms with van der Waals surface area (Å²) in [6.07, 6.45) is -9.80. The monoisotopic (exact) mass is 329 g/mol. The van der Waals surface area contributed by atoms with E-state index in [1.807, 2.05) is 0 Å². The first kappa shape index (κ1) is 17.8. The zero-order valence-corrected chi connectivity index (χ0v) is 10.6. The fourth-order valence-corrected chi connectivity index (χ4v) is 1.55. The quantitative estimate of drug-likeness (QED) is 0.835. The number of nitrogens with one attached hydrogen (secondary N) is 1. The van der Waals surface area contributed by atoms with Crippen LogP contribution >= 0.6 is 0 Å². The van der Waals surface area contributed by atoms with Gasteiger partial charge in [-0.1, -0.05) is 12.1 Å². The Balaban J connectivity index is 2.88. The van der Waals surface area contributed by atoms with E-state index in [0.717, 1.165) is 12.1 Å². The van der Waals surface area contributed by atoms with Gasteiger partial charge in [0.1, 0.15) is 0 Å². The van der Waals surface area contributed by atoms with Crippen molar-refractivity contribution in [2.75, 3.05) is 6.54 Å². The number of alkyl halides is 6. The van der Waals surface area contributed by atoms with E-state index < -0.39 is 42.3 Å². The Morgan fingerprint density at radius 2 is 1.55 bits per heavy atom. The standard InChI is InChI=1S/C12H9F6NO3/c13-11(14,15)7-3-1-6(2-4-7)8(9(20)21)5-19-10(22)12(16,17)18/h1-4,8H,5H2,(H,19,22)(H,20,21). The van der Waals surface area contributed by atoms with E-state index in [1.54, 1.807) is 0 Å². The summed E-state index contributed by atoms with van der Waals surface area (Å²) in [5.74, 6) is -5.51. The van der Waals surface area contributed by atoms with Gasteiger partial charge < -0.3 is 10.4 Å². The number of aliphatic carboxylic acids is 1. The topological polar surface area (TPSA) is 66.4 Å². The fraction of sp³-hybridized carbons (Fsp3) is 0.333. The molecule has 22 heavy (non-hydrogen) atoms. The van der Waals surface area contributed by atoms with Gasteiger partial charge in [-0.2, -0.15) is 26.3 Å². The third kappa shape index (κ3) is 4.64. The Morgan fingerprint density at radius 1 is 1.05 bits per heavy atom. The molecule has 0 radical (unpaired) electrons. The zero-order valence-electron chi connectivity index (χ0n) is 10.6. The maximum absolute atomic E-state index is 12.4. The lowest BCUT2D eigenvalue weighted by molar-refractivity contribution is -0.173. The molecule has 0 aliphatic heterocycles. The maximum Gasteiger partial charge on any atom is 0.471 e. The molecule has 1 atom stereocenters. The van der Waals surface area contributed by atoms with E-state index in [9.17, 15) is 35.9 Å².